The molecule has 0 bridgehead atoms. The molecule has 0 aliphatic carbocycles. The number of urea groups is 1. The van der Waals surface area contributed by atoms with Crippen LogP contribution in [-0.4, -0.2) is 44.9 Å². The monoisotopic (exact) mass is 370 g/mol. The smallest absolute Gasteiger partial charge is 0.323 e. The van der Waals surface area contributed by atoms with E-state index < -0.39 is 11.9 Å². The lowest BCUT2D eigenvalue weighted by atomic mass is 9.91. The molecule has 1 aliphatic rings. The standard InChI is InChI=1S/C20H26N4O3/c1-12-5-13(2)8-17(7-12)24-15(4)9-18(22-24)21-20(27)23-10-14(3)6-16(11-23)19(25)26/h5,7-9,14,16H,6,10-11H2,1-4H3,(H,25,26)(H,21,22,27). The van der Waals surface area contributed by atoms with E-state index in [1.54, 1.807) is 9.58 Å². The number of nitrogens with zero attached hydrogens (tertiary/aromatic N) is 3. The molecule has 0 saturated carbocycles. The van der Waals surface area contributed by atoms with Gasteiger partial charge in [0.25, 0.3) is 0 Å². The predicted octanol–water partition coefficient (Wildman–Crippen LogP) is 3.37. The summed E-state index contributed by atoms with van der Waals surface area (Å²) in [6.07, 6.45) is 0.597. The van der Waals surface area contributed by atoms with Crippen LogP contribution >= 0.6 is 0 Å². The molecule has 2 heterocycles. The number of carbonyl (C=O) groups excluding carboxylic acids is 1. The molecular formula is C20H26N4O3. The Balaban J connectivity index is 1.76. The van der Waals surface area contributed by atoms with Crippen LogP contribution in [0.1, 0.15) is 30.2 Å². The molecule has 144 valence electrons. The summed E-state index contributed by atoms with van der Waals surface area (Å²) in [6.45, 7) is 8.75. The summed E-state index contributed by atoms with van der Waals surface area (Å²) in [5.41, 5.74) is 4.15. The summed E-state index contributed by atoms with van der Waals surface area (Å²) in [7, 11) is 0. The summed E-state index contributed by atoms with van der Waals surface area (Å²) in [5, 5.41) is 16.6. The molecule has 3 rings (SSSR count). The molecular weight excluding hydrogens is 344 g/mol. The number of aromatic nitrogens is 2. The minimum atomic E-state index is -0.853. The number of amides is 2. The van der Waals surface area contributed by atoms with E-state index in [4.69, 9.17) is 0 Å². The van der Waals surface area contributed by atoms with E-state index in [0.717, 1.165) is 22.5 Å². The van der Waals surface area contributed by atoms with Gasteiger partial charge in [0.1, 0.15) is 0 Å². The molecule has 1 fully saturated rings. The summed E-state index contributed by atoms with van der Waals surface area (Å²) >= 11 is 0. The molecule has 7 nitrogen and oxygen atoms in total. The molecule has 0 spiro atoms. The number of piperidine rings is 1. The normalized spacial score (nSPS) is 19.8. The molecule has 2 N–H and O–H groups in total. The van der Waals surface area contributed by atoms with Crippen molar-refractivity contribution >= 4 is 17.8 Å². The van der Waals surface area contributed by atoms with Gasteiger partial charge in [-0.1, -0.05) is 13.0 Å². The van der Waals surface area contributed by atoms with Gasteiger partial charge in [-0.05, 0) is 56.4 Å². The van der Waals surface area contributed by atoms with Crippen molar-refractivity contribution in [3.8, 4) is 5.69 Å². The predicted molar refractivity (Wildman–Crippen MR) is 103 cm³/mol. The highest BCUT2D eigenvalue weighted by atomic mass is 16.4. The lowest BCUT2D eigenvalue weighted by Gasteiger charge is -2.34. The zero-order chi connectivity index (χ0) is 19.7. The van der Waals surface area contributed by atoms with Crippen LogP contribution in [0.3, 0.4) is 0 Å². The van der Waals surface area contributed by atoms with Crippen LogP contribution in [0.2, 0.25) is 0 Å². The Morgan fingerprint density at radius 3 is 2.41 bits per heavy atom. The Bertz CT molecular complexity index is 854. The highest BCUT2D eigenvalue weighted by molar-refractivity contribution is 5.89. The number of nitrogens with one attached hydrogen (secondary N) is 1. The first-order valence-electron chi connectivity index (χ1n) is 9.17. The van der Waals surface area contributed by atoms with Crippen LogP contribution < -0.4 is 5.32 Å². The second kappa shape index (κ2) is 7.42. The van der Waals surface area contributed by atoms with Crippen molar-refractivity contribution < 1.29 is 14.7 Å². The highest BCUT2D eigenvalue weighted by Gasteiger charge is 2.32. The average molecular weight is 370 g/mol. The van der Waals surface area contributed by atoms with Gasteiger partial charge in [-0.25, -0.2) is 9.48 Å². The van der Waals surface area contributed by atoms with E-state index in [1.807, 2.05) is 45.9 Å². The third kappa shape index (κ3) is 4.30. The lowest BCUT2D eigenvalue weighted by molar-refractivity contribution is -0.143. The summed E-state index contributed by atoms with van der Waals surface area (Å²) in [5.74, 6) is -0.759. The molecule has 1 aliphatic heterocycles. The molecule has 1 aromatic heterocycles. The number of hydrogen-bond donors (Lipinski definition) is 2. The number of carboxylic acid groups (broad SMARTS) is 1. The van der Waals surface area contributed by atoms with Gasteiger partial charge in [0.2, 0.25) is 0 Å². The van der Waals surface area contributed by atoms with Crippen molar-refractivity contribution in [2.75, 3.05) is 18.4 Å². The van der Waals surface area contributed by atoms with E-state index in [0.29, 0.717) is 18.8 Å². The number of hydrogen-bond acceptors (Lipinski definition) is 3. The largest absolute Gasteiger partial charge is 0.481 e. The zero-order valence-electron chi connectivity index (χ0n) is 16.2. The van der Waals surface area contributed by atoms with E-state index in [2.05, 4.69) is 16.5 Å². The Hall–Kier alpha value is -2.83. The molecule has 2 aromatic rings. The third-order valence-corrected chi connectivity index (χ3v) is 4.87. The van der Waals surface area contributed by atoms with Crippen molar-refractivity contribution in [3.63, 3.8) is 0 Å². The number of aryl methyl sites for hydroxylation is 3. The first kappa shape index (κ1) is 18.9. The van der Waals surface area contributed by atoms with Crippen molar-refractivity contribution in [2.24, 2.45) is 11.8 Å². The van der Waals surface area contributed by atoms with Crippen LogP contribution in [0.15, 0.2) is 24.3 Å². The Kier molecular flexibility index (Phi) is 5.21. The van der Waals surface area contributed by atoms with Crippen molar-refractivity contribution in [3.05, 3.63) is 41.1 Å². The van der Waals surface area contributed by atoms with Gasteiger partial charge in [0.05, 0.1) is 11.6 Å². The molecule has 27 heavy (non-hydrogen) atoms. The maximum absolute atomic E-state index is 12.6. The van der Waals surface area contributed by atoms with E-state index in [1.165, 1.54) is 0 Å². The maximum atomic E-state index is 12.6. The van der Waals surface area contributed by atoms with Crippen LogP contribution in [0.25, 0.3) is 5.69 Å². The summed E-state index contributed by atoms with van der Waals surface area (Å²) < 4.78 is 1.80. The molecule has 1 aromatic carbocycles. The third-order valence-electron chi connectivity index (χ3n) is 4.87. The van der Waals surface area contributed by atoms with Gasteiger partial charge < -0.3 is 10.0 Å². The summed E-state index contributed by atoms with van der Waals surface area (Å²) in [4.78, 5) is 25.5. The van der Waals surface area contributed by atoms with Crippen molar-refractivity contribution in [1.29, 1.82) is 0 Å². The molecule has 2 amide bonds. The average Bonchev–Trinajstić information content (AvgIpc) is 2.93. The molecule has 2 atom stereocenters. The second-order valence-electron chi connectivity index (χ2n) is 7.64. The SMILES string of the molecule is Cc1cc(C)cc(-n2nc(NC(=O)N3CC(C)CC(C(=O)O)C3)cc2C)c1. The topological polar surface area (TPSA) is 87.5 Å². The quantitative estimate of drug-likeness (QED) is 0.867. The fraction of sp³-hybridized carbons (Fsp3) is 0.450. The van der Waals surface area contributed by atoms with Crippen LogP contribution in [0.4, 0.5) is 10.6 Å². The number of likely N-dealkylation sites (tertiary alicyclic amines) is 1. The molecule has 0 radical (unpaired) electrons. The number of aliphatic carboxylic acids is 1. The maximum Gasteiger partial charge on any atom is 0.323 e. The number of rotatable bonds is 3. The molecule has 1 saturated heterocycles. The molecule has 2 unspecified atom stereocenters. The van der Waals surface area contributed by atoms with Gasteiger partial charge in [-0.3, -0.25) is 10.1 Å². The second-order valence-corrected chi connectivity index (χ2v) is 7.64. The number of benzene rings is 1. The van der Waals surface area contributed by atoms with Crippen LogP contribution in [0.5, 0.6) is 0 Å². The van der Waals surface area contributed by atoms with Crippen LogP contribution in [0, 0.1) is 32.6 Å². The number of carboxylic acids is 1. The number of anilines is 1. The van der Waals surface area contributed by atoms with E-state index in [9.17, 15) is 14.7 Å². The van der Waals surface area contributed by atoms with E-state index >= 15 is 0 Å². The Labute approximate surface area is 159 Å². The Morgan fingerprint density at radius 2 is 1.78 bits per heavy atom. The van der Waals surface area contributed by atoms with Gasteiger partial charge in [-0.15, -0.1) is 5.10 Å². The first-order chi connectivity index (χ1) is 12.7. The number of carbonyl (C=O) groups is 2. The molecule has 7 heteroatoms. The van der Waals surface area contributed by atoms with Gasteiger partial charge in [0, 0.05) is 24.8 Å². The van der Waals surface area contributed by atoms with Gasteiger partial charge in [0.15, 0.2) is 5.82 Å². The van der Waals surface area contributed by atoms with Crippen molar-refractivity contribution in [1.82, 2.24) is 14.7 Å². The lowest BCUT2D eigenvalue weighted by Crippen LogP contribution is -2.47. The Morgan fingerprint density at radius 1 is 1.11 bits per heavy atom. The fourth-order valence-corrected chi connectivity index (χ4v) is 3.75. The fourth-order valence-electron chi connectivity index (χ4n) is 3.75. The first-order valence-corrected chi connectivity index (χ1v) is 9.17. The zero-order valence-corrected chi connectivity index (χ0v) is 16.2. The summed E-state index contributed by atoms with van der Waals surface area (Å²) in [6, 6.07) is 7.70. The van der Waals surface area contributed by atoms with E-state index in [-0.39, 0.29) is 18.5 Å². The highest BCUT2D eigenvalue weighted by Crippen LogP contribution is 2.23. The minimum absolute atomic E-state index is 0.153. The minimum Gasteiger partial charge on any atom is -0.481 e. The van der Waals surface area contributed by atoms with Crippen LogP contribution in [-0.2, 0) is 4.79 Å². The van der Waals surface area contributed by atoms with Crippen molar-refractivity contribution in [2.45, 2.75) is 34.1 Å². The van der Waals surface area contributed by atoms with Gasteiger partial charge >= 0.3 is 12.0 Å². The van der Waals surface area contributed by atoms with Gasteiger partial charge in [-0.2, -0.15) is 0 Å².